The fourth-order valence-corrected chi connectivity index (χ4v) is 6.20. The Morgan fingerprint density at radius 1 is 1.04 bits per heavy atom. The van der Waals surface area contributed by atoms with E-state index in [1.54, 1.807) is 24.3 Å². The van der Waals surface area contributed by atoms with E-state index in [0.29, 0.717) is 22.9 Å². The van der Waals surface area contributed by atoms with E-state index in [1.807, 2.05) is 11.0 Å². The number of H-pyrrole nitrogens is 1. The first-order valence-electron chi connectivity index (χ1n) is 14.4. The molecule has 0 unspecified atom stereocenters. The number of aromatic nitrogens is 3. The van der Waals surface area contributed by atoms with Crippen molar-refractivity contribution < 1.29 is 32.7 Å². The summed E-state index contributed by atoms with van der Waals surface area (Å²) in [5, 5.41) is 17.8. The lowest BCUT2D eigenvalue weighted by molar-refractivity contribution is -0.138. The highest BCUT2D eigenvalue weighted by atomic mass is 35.5. The van der Waals surface area contributed by atoms with Crippen LogP contribution in [0, 0.1) is 0 Å². The number of pyridine rings is 1. The minimum Gasteiger partial charge on any atom is -0.481 e. The van der Waals surface area contributed by atoms with Crippen LogP contribution in [0.4, 0.5) is 24.7 Å². The lowest BCUT2D eigenvalue weighted by Crippen LogP contribution is -2.30. The zero-order valence-corrected chi connectivity index (χ0v) is 25.9. The molecule has 4 aromatic rings. The molecule has 0 radical (unpaired) electrons. The largest absolute Gasteiger partial charge is 0.481 e. The Bertz CT molecular complexity index is 1760. The van der Waals surface area contributed by atoms with Gasteiger partial charge >= 0.3 is 12.1 Å². The molecule has 1 saturated heterocycles. The lowest BCUT2D eigenvalue weighted by Gasteiger charge is -2.28. The normalized spacial score (nSPS) is 13.4. The van der Waals surface area contributed by atoms with Crippen molar-refractivity contribution in [1.29, 1.82) is 0 Å². The van der Waals surface area contributed by atoms with Gasteiger partial charge in [-0.3, -0.25) is 19.5 Å². The molecular weight excluding hydrogens is 643 g/mol. The van der Waals surface area contributed by atoms with E-state index in [4.69, 9.17) is 16.7 Å². The number of hydrogen-bond donors (Lipinski definition) is 3. The van der Waals surface area contributed by atoms with E-state index in [0.717, 1.165) is 50.0 Å². The minimum atomic E-state index is -4.71. The quantitative estimate of drug-likeness (QED) is 0.112. The number of carboxylic acids is 1. The highest BCUT2D eigenvalue weighted by molar-refractivity contribution is 7.98. The molecule has 1 amide bonds. The van der Waals surface area contributed by atoms with Crippen LogP contribution in [-0.2, 0) is 16.7 Å². The van der Waals surface area contributed by atoms with E-state index in [-0.39, 0.29) is 34.5 Å². The third-order valence-electron chi connectivity index (χ3n) is 7.41. The van der Waals surface area contributed by atoms with Gasteiger partial charge in [0.1, 0.15) is 11.5 Å². The number of amides is 1. The molecule has 240 valence electrons. The Morgan fingerprint density at radius 2 is 1.83 bits per heavy atom. The molecule has 3 heterocycles. The van der Waals surface area contributed by atoms with Crippen molar-refractivity contribution in [2.24, 2.45) is 0 Å². The number of carbonyl (C=O) groups is 3. The van der Waals surface area contributed by atoms with Gasteiger partial charge in [-0.05, 0) is 55.2 Å². The number of hydrogen-bond acceptors (Lipinski definition) is 7. The van der Waals surface area contributed by atoms with Gasteiger partial charge in [-0.15, -0.1) is 0 Å². The first-order valence-corrected chi connectivity index (χ1v) is 15.9. The van der Waals surface area contributed by atoms with E-state index in [1.165, 1.54) is 30.2 Å². The number of nitrogens with zero attached hydrogens (tertiary/aromatic N) is 3. The van der Waals surface area contributed by atoms with Crippen molar-refractivity contribution in [3.8, 4) is 11.3 Å². The molecule has 1 aliphatic heterocycles. The highest BCUT2D eigenvalue weighted by Crippen LogP contribution is 2.38. The van der Waals surface area contributed by atoms with Crippen molar-refractivity contribution >= 4 is 52.5 Å². The summed E-state index contributed by atoms with van der Waals surface area (Å²) in [5.74, 6) is -0.486. The van der Waals surface area contributed by atoms with Crippen LogP contribution in [0.5, 0.6) is 0 Å². The Labute approximate surface area is 271 Å². The molecule has 1 fully saturated rings. The molecule has 0 spiro atoms. The number of alkyl halides is 3. The zero-order chi connectivity index (χ0) is 32.8. The number of thioether (sulfide) groups is 1. The van der Waals surface area contributed by atoms with Gasteiger partial charge in [0, 0.05) is 41.9 Å². The Hall–Kier alpha value is -4.36. The van der Waals surface area contributed by atoms with Crippen LogP contribution < -0.4 is 10.2 Å². The number of aliphatic carboxylic acids is 1. The average Bonchev–Trinajstić information content (AvgIpc) is 3.53. The first kappa shape index (κ1) is 33.0. The van der Waals surface area contributed by atoms with Crippen molar-refractivity contribution in [2.45, 2.75) is 37.6 Å². The highest BCUT2D eigenvalue weighted by Gasteiger charge is 2.34. The predicted molar refractivity (Wildman–Crippen MR) is 171 cm³/mol. The molecular formula is C32H29ClF3N5O4S. The van der Waals surface area contributed by atoms with Crippen LogP contribution in [0.3, 0.4) is 0 Å². The molecule has 0 aliphatic carbocycles. The van der Waals surface area contributed by atoms with Crippen LogP contribution in [-0.4, -0.2) is 56.8 Å². The Kier molecular flexibility index (Phi) is 10.3. The Morgan fingerprint density at radius 3 is 2.57 bits per heavy atom. The maximum Gasteiger partial charge on any atom is 0.417 e. The lowest BCUT2D eigenvalue weighted by atomic mass is 9.98. The number of halogens is 4. The number of carbonyl (C=O) groups excluding carboxylic acids is 2. The second kappa shape index (κ2) is 14.4. The summed E-state index contributed by atoms with van der Waals surface area (Å²) >= 11 is 7.25. The molecule has 0 saturated carbocycles. The number of benzene rings is 2. The average molecular weight is 672 g/mol. The third kappa shape index (κ3) is 7.88. The van der Waals surface area contributed by atoms with Crippen molar-refractivity contribution in [3.63, 3.8) is 0 Å². The molecule has 1 aliphatic rings. The third-order valence-corrected chi connectivity index (χ3v) is 8.77. The number of anilines is 2. The van der Waals surface area contributed by atoms with Crippen molar-refractivity contribution in [1.82, 2.24) is 15.2 Å². The Balaban J connectivity index is 1.47. The second-order valence-electron chi connectivity index (χ2n) is 10.7. The van der Waals surface area contributed by atoms with Crippen LogP contribution in [0.25, 0.3) is 11.3 Å². The van der Waals surface area contributed by atoms with Crippen LogP contribution in [0.15, 0.2) is 60.9 Å². The fourth-order valence-electron chi connectivity index (χ4n) is 5.09. The standard InChI is InChI=1S/C32H29ClF3N5O4S/c33-25-8-7-20(14-24(25)32(34,35)36)29-23(16-38-40-29)30(44)22-15-27(41-10-2-1-3-11-41)37-17-26(22)39-31(45)21-6-4-5-19(13-21)18-46-12-9-28(42)43/h4-8,13-17H,1-3,9-12,18H2,(H,38,40)(H,39,45)(H,42,43). The van der Waals surface area contributed by atoms with Crippen molar-refractivity contribution in [3.05, 3.63) is 93.8 Å². The maximum atomic E-state index is 14.1. The summed E-state index contributed by atoms with van der Waals surface area (Å²) in [4.78, 5) is 44.9. The summed E-state index contributed by atoms with van der Waals surface area (Å²) in [6.45, 7) is 1.48. The molecule has 0 atom stereocenters. The minimum absolute atomic E-state index is 0.00197. The number of rotatable bonds is 11. The SMILES string of the molecule is O=C(O)CCSCc1cccc(C(=O)Nc2cnc(N3CCCCC3)cc2C(=O)c2c[nH]nc2-c2ccc(Cl)c(C(F)(F)F)c2)c1. The topological polar surface area (TPSA) is 128 Å². The van der Waals surface area contributed by atoms with Gasteiger partial charge in [0.15, 0.2) is 5.78 Å². The van der Waals surface area contributed by atoms with E-state index < -0.39 is 34.4 Å². The summed E-state index contributed by atoms with van der Waals surface area (Å²) in [6, 6.07) is 11.7. The second-order valence-corrected chi connectivity index (χ2v) is 12.2. The van der Waals surface area contributed by atoms with E-state index in [9.17, 15) is 27.6 Å². The van der Waals surface area contributed by atoms with Gasteiger partial charge in [-0.1, -0.05) is 29.8 Å². The molecule has 5 rings (SSSR count). The van der Waals surface area contributed by atoms with Crippen molar-refractivity contribution in [2.75, 3.05) is 29.1 Å². The zero-order valence-electron chi connectivity index (χ0n) is 24.4. The first-order chi connectivity index (χ1) is 22.0. The van der Waals surface area contributed by atoms with E-state index in [2.05, 4.69) is 20.5 Å². The maximum absolute atomic E-state index is 14.1. The van der Waals surface area contributed by atoms with Gasteiger partial charge < -0.3 is 15.3 Å². The van der Waals surface area contributed by atoms with Gasteiger partial charge in [0.2, 0.25) is 0 Å². The number of ketones is 1. The van der Waals surface area contributed by atoms with Gasteiger partial charge in [-0.2, -0.15) is 30.0 Å². The smallest absolute Gasteiger partial charge is 0.417 e. The molecule has 0 bridgehead atoms. The monoisotopic (exact) mass is 671 g/mol. The fraction of sp³-hybridized carbons (Fsp3) is 0.281. The van der Waals surface area contributed by atoms with Crippen LogP contribution in [0.2, 0.25) is 5.02 Å². The molecule has 2 aromatic carbocycles. The number of aromatic amines is 1. The molecule has 2 aromatic heterocycles. The molecule has 9 nitrogen and oxygen atoms in total. The molecule has 3 N–H and O–H groups in total. The van der Waals surface area contributed by atoms with Gasteiger partial charge in [0.25, 0.3) is 5.91 Å². The summed E-state index contributed by atoms with van der Waals surface area (Å²) < 4.78 is 40.8. The number of nitrogens with one attached hydrogen (secondary N) is 2. The predicted octanol–water partition coefficient (Wildman–Crippen LogP) is 7.33. The summed E-state index contributed by atoms with van der Waals surface area (Å²) in [6.07, 6.45) is 1.02. The number of carboxylic acid groups (broad SMARTS) is 1. The molecule has 46 heavy (non-hydrogen) atoms. The van der Waals surface area contributed by atoms with Gasteiger partial charge in [0.05, 0.1) is 40.0 Å². The number of piperidine rings is 1. The molecule has 14 heteroatoms. The van der Waals surface area contributed by atoms with Crippen LogP contribution in [0.1, 0.15) is 63.1 Å². The summed E-state index contributed by atoms with van der Waals surface area (Å²) in [7, 11) is 0. The van der Waals surface area contributed by atoms with Gasteiger partial charge in [-0.25, -0.2) is 4.98 Å². The van der Waals surface area contributed by atoms with Crippen LogP contribution >= 0.6 is 23.4 Å². The van der Waals surface area contributed by atoms with E-state index >= 15 is 0 Å². The summed E-state index contributed by atoms with van der Waals surface area (Å²) in [5.41, 5.74) is 0.334.